The molecule has 2 N–H and O–H groups in total. The Balaban J connectivity index is 2.29. The molecule has 1 aliphatic heterocycles. The standard InChI is InChI=1S/C22H22N2O7/c1-12(2)20(25)29-9-10-30-22(27)18-17(16(11-23)13(3)31-19(18)24)14-5-7-15(8-6-14)21(26)28-4/h5-8,17H,1,9-10,24H2,2-4H3/t17-/m1/s1. The predicted octanol–water partition coefficient (Wildman–Crippen LogP) is 2.22. The van der Waals surface area contributed by atoms with Crippen molar-refractivity contribution in [3.05, 3.63) is 70.3 Å². The van der Waals surface area contributed by atoms with Crippen LogP contribution in [0.5, 0.6) is 0 Å². The smallest absolute Gasteiger partial charge is 0.340 e. The number of esters is 3. The summed E-state index contributed by atoms with van der Waals surface area (Å²) in [5.74, 6) is -2.78. The van der Waals surface area contributed by atoms with E-state index in [9.17, 15) is 19.6 Å². The molecule has 0 fully saturated rings. The minimum absolute atomic E-state index is 0.0702. The molecule has 0 saturated heterocycles. The summed E-state index contributed by atoms with van der Waals surface area (Å²) in [5, 5.41) is 9.64. The molecule has 0 spiro atoms. The summed E-state index contributed by atoms with van der Waals surface area (Å²) in [6.45, 7) is 6.10. The van der Waals surface area contributed by atoms with Crippen LogP contribution < -0.4 is 5.73 Å². The van der Waals surface area contributed by atoms with Crippen LogP contribution in [0.2, 0.25) is 0 Å². The molecule has 1 aliphatic rings. The molecule has 9 nitrogen and oxygen atoms in total. The SMILES string of the molecule is C=C(C)C(=O)OCCOC(=O)C1=C(N)OC(C)=C(C#N)[C@H]1c1ccc(C(=O)OC)cc1. The first-order valence-corrected chi connectivity index (χ1v) is 9.17. The van der Waals surface area contributed by atoms with Crippen molar-refractivity contribution in [1.29, 1.82) is 5.26 Å². The fraction of sp³-hybridized carbons (Fsp3) is 0.273. The Kier molecular flexibility index (Phi) is 7.58. The number of nitrogens with two attached hydrogens (primary N) is 1. The highest BCUT2D eigenvalue weighted by molar-refractivity contribution is 5.93. The third-order valence-corrected chi connectivity index (χ3v) is 4.39. The van der Waals surface area contributed by atoms with Gasteiger partial charge in [0.1, 0.15) is 24.5 Å². The Labute approximate surface area is 179 Å². The van der Waals surface area contributed by atoms with Gasteiger partial charge in [0.2, 0.25) is 5.88 Å². The van der Waals surface area contributed by atoms with Crippen LogP contribution in [0.4, 0.5) is 0 Å². The summed E-state index contributed by atoms with van der Waals surface area (Å²) in [5.41, 5.74) is 7.09. The van der Waals surface area contributed by atoms with Crippen LogP contribution in [-0.2, 0) is 28.5 Å². The van der Waals surface area contributed by atoms with Gasteiger partial charge in [0, 0.05) is 5.57 Å². The zero-order chi connectivity index (χ0) is 23.1. The largest absolute Gasteiger partial charge is 0.465 e. The molecular formula is C22H22N2O7. The Bertz CT molecular complexity index is 1010. The van der Waals surface area contributed by atoms with Crippen LogP contribution in [0.15, 0.2) is 59.2 Å². The number of hydrogen-bond donors (Lipinski definition) is 1. The fourth-order valence-electron chi connectivity index (χ4n) is 2.86. The van der Waals surface area contributed by atoms with Gasteiger partial charge in [-0.3, -0.25) is 0 Å². The average molecular weight is 426 g/mol. The second-order valence-electron chi connectivity index (χ2n) is 6.56. The minimum atomic E-state index is -0.865. The molecule has 0 radical (unpaired) electrons. The first-order valence-electron chi connectivity index (χ1n) is 9.17. The molecule has 1 heterocycles. The highest BCUT2D eigenvalue weighted by Gasteiger charge is 2.36. The van der Waals surface area contributed by atoms with E-state index in [0.717, 1.165) is 0 Å². The third-order valence-electron chi connectivity index (χ3n) is 4.39. The van der Waals surface area contributed by atoms with Crippen LogP contribution in [0.25, 0.3) is 0 Å². The quantitative estimate of drug-likeness (QED) is 0.301. The Morgan fingerprint density at radius 2 is 1.77 bits per heavy atom. The lowest BCUT2D eigenvalue weighted by atomic mass is 9.83. The van der Waals surface area contributed by atoms with Gasteiger partial charge in [-0.15, -0.1) is 0 Å². The highest BCUT2D eigenvalue weighted by atomic mass is 16.6. The number of carbonyl (C=O) groups is 3. The van der Waals surface area contributed by atoms with E-state index >= 15 is 0 Å². The first kappa shape index (κ1) is 23.2. The number of ether oxygens (including phenoxy) is 4. The van der Waals surface area contributed by atoms with E-state index < -0.39 is 23.8 Å². The minimum Gasteiger partial charge on any atom is -0.465 e. The number of nitrogens with zero attached hydrogens (tertiary/aromatic N) is 1. The van der Waals surface area contributed by atoms with Gasteiger partial charge in [-0.2, -0.15) is 5.26 Å². The molecular weight excluding hydrogens is 404 g/mol. The number of rotatable bonds is 7. The van der Waals surface area contributed by atoms with Gasteiger partial charge >= 0.3 is 17.9 Å². The van der Waals surface area contributed by atoms with Crippen molar-refractivity contribution in [3.8, 4) is 6.07 Å². The highest BCUT2D eigenvalue weighted by Crippen LogP contribution is 2.39. The Morgan fingerprint density at radius 1 is 1.16 bits per heavy atom. The van der Waals surface area contributed by atoms with Crippen LogP contribution in [0, 0.1) is 11.3 Å². The number of methoxy groups -OCH3 is 1. The van der Waals surface area contributed by atoms with Crippen LogP contribution >= 0.6 is 0 Å². The molecule has 0 aromatic heterocycles. The summed E-state index contributed by atoms with van der Waals surface area (Å²) in [6, 6.07) is 8.23. The van der Waals surface area contributed by atoms with Crippen molar-refractivity contribution < 1.29 is 33.3 Å². The second-order valence-corrected chi connectivity index (χ2v) is 6.56. The van der Waals surface area contributed by atoms with Gasteiger partial charge < -0.3 is 24.7 Å². The summed E-state index contributed by atoms with van der Waals surface area (Å²) >= 11 is 0. The van der Waals surface area contributed by atoms with Crippen molar-refractivity contribution >= 4 is 17.9 Å². The molecule has 0 saturated carbocycles. The normalized spacial score (nSPS) is 15.5. The van der Waals surface area contributed by atoms with Crippen molar-refractivity contribution in [2.45, 2.75) is 19.8 Å². The van der Waals surface area contributed by atoms with Gasteiger partial charge in [-0.1, -0.05) is 18.7 Å². The maximum absolute atomic E-state index is 12.8. The maximum atomic E-state index is 12.8. The van der Waals surface area contributed by atoms with E-state index in [-0.39, 0.29) is 41.6 Å². The summed E-state index contributed by atoms with van der Waals surface area (Å²) in [4.78, 5) is 35.8. The molecule has 162 valence electrons. The average Bonchev–Trinajstić information content (AvgIpc) is 2.75. The lowest BCUT2D eigenvalue weighted by Gasteiger charge is -2.26. The monoisotopic (exact) mass is 426 g/mol. The van der Waals surface area contributed by atoms with Crippen LogP contribution in [0.3, 0.4) is 0 Å². The number of nitriles is 1. The van der Waals surface area contributed by atoms with Crippen molar-refractivity contribution in [2.24, 2.45) is 5.73 Å². The molecule has 0 amide bonds. The van der Waals surface area contributed by atoms with E-state index in [1.165, 1.54) is 26.2 Å². The molecule has 0 unspecified atom stereocenters. The van der Waals surface area contributed by atoms with E-state index in [0.29, 0.717) is 11.1 Å². The third kappa shape index (κ3) is 5.30. The van der Waals surface area contributed by atoms with E-state index in [4.69, 9.17) is 19.9 Å². The fourth-order valence-corrected chi connectivity index (χ4v) is 2.86. The number of hydrogen-bond acceptors (Lipinski definition) is 9. The Morgan fingerprint density at radius 3 is 2.32 bits per heavy atom. The molecule has 0 bridgehead atoms. The lowest BCUT2D eigenvalue weighted by molar-refractivity contribution is -0.147. The van der Waals surface area contributed by atoms with Crippen molar-refractivity contribution in [3.63, 3.8) is 0 Å². The molecule has 1 aromatic carbocycles. The van der Waals surface area contributed by atoms with Gasteiger partial charge in [0.25, 0.3) is 0 Å². The summed E-state index contributed by atoms with van der Waals surface area (Å²) in [6.07, 6.45) is 0. The van der Waals surface area contributed by atoms with Gasteiger partial charge in [-0.05, 0) is 31.5 Å². The van der Waals surface area contributed by atoms with Crippen molar-refractivity contribution in [2.75, 3.05) is 20.3 Å². The zero-order valence-electron chi connectivity index (χ0n) is 17.4. The van der Waals surface area contributed by atoms with Crippen LogP contribution in [0.1, 0.15) is 35.7 Å². The summed E-state index contributed by atoms with van der Waals surface area (Å²) in [7, 11) is 1.26. The van der Waals surface area contributed by atoms with E-state index in [1.807, 2.05) is 6.07 Å². The first-order chi connectivity index (χ1) is 14.7. The molecule has 1 atom stereocenters. The summed E-state index contributed by atoms with van der Waals surface area (Å²) < 4.78 is 20.1. The van der Waals surface area contributed by atoms with E-state index in [2.05, 4.69) is 11.3 Å². The lowest BCUT2D eigenvalue weighted by Crippen LogP contribution is -2.27. The van der Waals surface area contributed by atoms with Crippen molar-refractivity contribution in [1.82, 2.24) is 0 Å². The van der Waals surface area contributed by atoms with E-state index in [1.54, 1.807) is 19.1 Å². The topological polar surface area (TPSA) is 138 Å². The molecule has 0 aliphatic carbocycles. The number of allylic oxidation sites excluding steroid dienone is 2. The van der Waals surface area contributed by atoms with Crippen LogP contribution in [-0.4, -0.2) is 38.2 Å². The van der Waals surface area contributed by atoms with Gasteiger partial charge in [0.05, 0.1) is 30.2 Å². The Hall–Kier alpha value is -4.06. The molecule has 2 rings (SSSR count). The molecule has 31 heavy (non-hydrogen) atoms. The number of benzene rings is 1. The molecule has 9 heteroatoms. The second kappa shape index (κ2) is 10.1. The maximum Gasteiger partial charge on any atom is 0.340 e. The molecule has 1 aromatic rings. The predicted molar refractivity (Wildman–Crippen MR) is 108 cm³/mol. The van der Waals surface area contributed by atoms with Gasteiger partial charge in [0.15, 0.2) is 0 Å². The number of carbonyl (C=O) groups excluding carboxylic acids is 3. The van der Waals surface area contributed by atoms with Gasteiger partial charge in [-0.25, -0.2) is 14.4 Å². The zero-order valence-corrected chi connectivity index (χ0v) is 17.4.